The number of halogens is 1. The smallest absolute Gasteiger partial charge is 0.243 e. The molecule has 6 nitrogen and oxygen atoms in total. The minimum atomic E-state index is -3.46. The van der Waals surface area contributed by atoms with Gasteiger partial charge in [-0.3, -0.25) is 4.90 Å². The van der Waals surface area contributed by atoms with Crippen molar-refractivity contribution in [2.75, 3.05) is 26.2 Å². The van der Waals surface area contributed by atoms with Crippen LogP contribution in [0.1, 0.15) is 16.8 Å². The summed E-state index contributed by atoms with van der Waals surface area (Å²) in [6.07, 6.45) is 0. The average molecular weight is 445 g/mol. The standard InChI is InChI=1S/C22H25ClN4O2S/c1-17-8-10-20(11-9-17)30(28,29)26-14-12-25(13-15-26)16-21-18(2)24-27(22(21)23)19-6-4-3-5-7-19/h3-11H,12-16H2,1-2H3. The largest absolute Gasteiger partial charge is 0.296 e. The second-order valence-corrected chi connectivity index (χ2v) is 9.89. The molecule has 2 aromatic carbocycles. The maximum Gasteiger partial charge on any atom is 0.243 e. The molecule has 0 unspecified atom stereocenters. The summed E-state index contributed by atoms with van der Waals surface area (Å²) in [4.78, 5) is 2.58. The van der Waals surface area contributed by atoms with Gasteiger partial charge in [0.2, 0.25) is 10.0 Å². The van der Waals surface area contributed by atoms with Crippen molar-refractivity contribution in [3.05, 3.63) is 76.6 Å². The van der Waals surface area contributed by atoms with E-state index in [1.807, 2.05) is 56.3 Å². The van der Waals surface area contributed by atoms with Gasteiger partial charge in [0.05, 0.1) is 16.3 Å². The predicted octanol–water partition coefficient (Wildman–Crippen LogP) is 3.65. The summed E-state index contributed by atoms with van der Waals surface area (Å²) in [5.74, 6) is 0. The lowest BCUT2D eigenvalue weighted by atomic mass is 10.2. The van der Waals surface area contributed by atoms with Crippen LogP contribution in [0.4, 0.5) is 0 Å². The molecule has 1 saturated heterocycles. The highest BCUT2D eigenvalue weighted by atomic mass is 35.5. The number of nitrogens with zero attached hydrogens (tertiary/aromatic N) is 4. The van der Waals surface area contributed by atoms with Gasteiger partial charge in [0, 0.05) is 38.3 Å². The van der Waals surface area contributed by atoms with Crippen LogP contribution in [-0.4, -0.2) is 53.6 Å². The van der Waals surface area contributed by atoms with E-state index < -0.39 is 10.0 Å². The Bertz CT molecular complexity index is 1120. The monoisotopic (exact) mass is 444 g/mol. The van der Waals surface area contributed by atoms with Gasteiger partial charge < -0.3 is 0 Å². The molecule has 0 N–H and O–H groups in total. The molecule has 0 spiro atoms. The van der Waals surface area contributed by atoms with Gasteiger partial charge in [-0.2, -0.15) is 9.40 Å². The van der Waals surface area contributed by atoms with E-state index in [4.69, 9.17) is 11.6 Å². The van der Waals surface area contributed by atoms with E-state index in [-0.39, 0.29) is 0 Å². The van der Waals surface area contributed by atoms with E-state index >= 15 is 0 Å². The van der Waals surface area contributed by atoms with Crippen LogP contribution in [0.3, 0.4) is 0 Å². The van der Waals surface area contributed by atoms with Crippen molar-refractivity contribution in [1.82, 2.24) is 19.0 Å². The fraction of sp³-hybridized carbons (Fsp3) is 0.318. The Morgan fingerprint density at radius 1 is 0.933 bits per heavy atom. The number of hydrogen-bond acceptors (Lipinski definition) is 4. The third-order valence-corrected chi connectivity index (χ3v) is 7.80. The van der Waals surface area contributed by atoms with Gasteiger partial charge in [0.25, 0.3) is 0 Å². The van der Waals surface area contributed by atoms with E-state index in [1.54, 1.807) is 21.1 Å². The Kier molecular flexibility index (Phi) is 5.97. The SMILES string of the molecule is Cc1ccc(S(=O)(=O)N2CCN(Cc3c(C)nn(-c4ccccc4)c3Cl)CC2)cc1. The number of rotatable bonds is 5. The van der Waals surface area contributed by atoms with Crippen LogP contribution in [0.5, 0.6) is 0 Å². The third kappa shape index (κ3) is 4.16. The first kappa shape index (κ1) is 21.1. The highest BCUT2D eigenvalue weighted by Gasteiger charge is 2.29. The maximum absolute atomic E-state index is 12.9. The number of aromatic nitrogens is 2. The van der Waals surface area contributed by atoms with Gasteiger partial charge in [-0.05, 0) is 38.1 Å². The maximum atomic E-state index is 12.9. The normalized spacial score (nSPS) is 16.1. The summed E-state index contributed by atoms with van der Waals surface area (Å²) in [5, 5.41) is 5.20. The van der Waals surface area contributed by atoms with Crippen LogP contribution in [0.2, 0.25) is 5.15 Å². The Hall–Kier alpha value is -2.19. The molecule has 0 aliphatic carbocycles. The lowest BCUT2D eigenvalue weighted by Gasteiger charge is -2.34. The zero-order valence-electron chi connectivity index (χ0n) is 17.1. The number of aryl methyl sites for hydroxylation is 2. The lowest BCUT2D eigenvalue weighted by Crippen LogP contribution is -2.48. The second kappa shape index (κ2) is 8.51. The van der Waals surface area contributed by atoms with Crippen LogP contribution < -0.4 is 0 Å². The van der Waals surface area contributed by atoms with Gasteiger partial charge in [0.1, 0.15) is 5.15 Å². The number of para-hydroxylation sites is 1. The summed E-state index contributed by atoms with van der Waals surface area (Å²) in [5.41, 5.74) is 3.84. The molecule has 0 radical (unpaired) electrons. The average Bonchev–Trinajstić information content (AvgIpc) is 3.03. The summed E-state index contributed by atoms with van der Waals surface area (Å²) in [6.45, 7) is 6.77. The molecule has 1 aliphatic heterocycles. The fourth-order valence-electron chi connectivity index (χ4n) is 3.66. The van der Waals surface area contributed by atoms with E-state index in [9.17, 15) is 8.42 Å². The third-order valence-electron chi connectivity index (χ3n) is 5.49. The van der Waals surface area contributed by atoms with E-state index in [0.717, 1.165) is 22.5 Å². The molecule has 0 amide bonds. The van der Waals surface area contributed by atoms with Gasteiger partial charge in [-0.25, -0.2) is 13.1 Å². The summed E-state index contributed by atoms with van der Waals surface area (Å²) >= 11 is 6.64. The molecule has 0 atom stereocenters. The van der Waals surface area contributed by atoms with Crippen LogP contribution in [0.15, 0.2) is 59.5 Å². The molecular weight excluding hydrogens is 420 g/mol. The minimum Gasteiger partial charge on any atom is -0.296 e. The van der Waals surface area contributed by atoms with E-state index in [2.05, 4.69) is 10.00 Å². The first-order valence-electron chi connectivity index (χ1n) is 9.95. The van der Waals surface area contributed by atoms with Crippen LogP contribution in [0.25, 0.3) is 5.69 Å². The quantitative estimate of drug-likeness (QED) is 0.602. The molecule has 3 aromatic rings. The zero-order chi connectivity index (χ0) is 21.3. The van der Waals surface area contributed by atoms with Crippen LogP contribution in [-0.2, 0) is 16.6 Å². The summed E-state index contributed by atoms with van der Waals surface area (Å²) in [7, 11) is -3.46. The van der Waals surface area contributed by atoms with Gasteiger partial charge in [-0.15, -0.1) is 0 Å². The Labute approximate surface area is 182 Å². The highest BCUT2D eigenvalue weighted by molar-refractivity contribution is 7.89. The van der Waals surface area contributed by atoms with E-state index in [0.29, 0.717) is 42.8 Å². The van der Waals surface area contributed by atoms with Crippen molar-refractivity contribution in [2.45, 2.75) is 25.3 Å². The molecule has 1 aliphatic rings. The first-order valence-corrected chi connectivity index (χ1v) is 11.8. The van der Waals surface area contributed by atoms with Crippen LogP contribution >= 0.6 is 11.6 Å². The molecule has 0 bridgehead atoms. The van der Waals surface area contributed by atoms with Gasteiger partial charge in [-0.1, -0.05) is 47.5 Å². The van der Waals surface area contributed by atoms with Crippen molar-refractivity contribution >= 4 is 21.6 Å². The van der Waals surface area contributed by atoms with Crippen molar-refractivity contribution in [1.29, 1.82) is 0 Å². The van der Waals surface area contributed by atoms with Gasteiger partial charge in [0.15, 0.2) is 0 Å². The molecule has 1 aromatic heterocycles. The topological polar surface area (TPSA) is 58.4 Å². The molecule has 1 fully saturated rings. The summed E-state index contributed by atoms with van der Waals surface area (Å²) < 4.78 is 29.1. The fourth-order valence-corrected chi connectivity index (χ4v) is 5.42. The predicted molar refractivity (Wildman–Crippen MR) is 119 cm³/mol. The Morgan fingerprint density at radius 3 is 2.20 bits per heavy atom. The molecule has 4 rings (SSSR count). The molecule has 8 heteroatoms. The first-order chi connectivity index (χ1) is 14.4. The van der Waals surface area contributed by atoms with Gasteiger partial charge >= 0.3 is 0 Å². The molecule has 0 saturated carbocycles. The molecule has 30 heavy (non-hydrogen) atoms. The molecule has 158 valence electrons. The number of hydrogen-bond donors (Lipinski definition) is 0. The number of benzene rings is 2. The molecule has 2 heterocycles. The zero-order valence-corrected chi connectivity index (χ0v) is 18.7. The van der Waals surface area contributed by atoms with Crippen LogP contribution in [0, 0.1) is 13.8 Å². The lowest BCUT2D eigenvalue weighted by molar-refractivity contribution is 0.181. The number of piperazine rings is 1. The second-order valence-electron chi connectivity index (χ2n) is 7.60. The highest BCUT2D eigenvalue weighted by Crippen LogP contribution is 2.26. The van der Waals surface area contributed by atoms with Crippen molar-refractivity contribution < 1.29 is 8.42 Å². The molecular formula is C22H25ClN4O2S. The van der Waals surface area contributed by atoms with Crippen molar-refractivity contribution in [2.24, 2.45) is 0 Å². The number of sulfonamides is 1. The minimum absolute atomic E-state index is 0.351. The Balaban J connectivity index is 1.44. The van der Waals surface area contributed by atoms with E-state index in [1.165, 1.54) is 0 Å². The summed E-state index contributed by atoms with van der Waals surface area (Å²) in [6, 6.07) is 16.8. The Morgan fingerprint density at radius 2 is 1.57 bits per heavy atom. The van der Waals surface area contributed by atoms with Crippen molar-refractivity contribution in [3.63, 3.8) is 0 Å². The van der Waals surface area contributed by atoms with Crippen molar-refractivity contribution in [3.8, 4) is 5.69 Å².